The van der Waals surface area contributed by atoms with E-state index in [2.05, 4.69) is 5.32 Å². The Balaban J connectivity index is 2.68. The number of carbonyl (C=O) groups is 2. The predicted octanol–water partition coefficient (Wildman–Crippen LogP) is 2.51. The Labute approximate surface area is 149 Å². The Kier molecular flexibility index (Phi) is 8.21. The molecule has 1 rings (SSSR count). The van der Waals surface area contributed by atoms with Crippen LogP contribution in [0, 0.1) is 11.3 Å². The number of benzene rings is 1. The summed E-state index contributed by atoms with van der Waals surface area (Å²) in [7, 11) is 3.85. The largest absolute Gasteiger partial charge is 0.451 e. The van der Waals surface area contributed by atoms with Crippen molar-refractivity contribution in [3.63, 3.8) is 0 Å². The van der Waals surface area contributed by atoms with Crippen molar-refractivity contribution in [2.75, 3.05) is 25.6 Å². The second-order valence-corrected chi connectivity index (χ2v) is 5.81. The Morgan fingerprint density at radius 2 is 1.84 bits per heavy atom. The van der Waals surface area contributed by atoms with E-state index in [0.29, 0.717) is 5.56 Å². The van der Waals surface area contributed by atoms with Gasteiger partial charge in [0.2, 0.25) is 0 Å². The fraction of sp³-hybridized carbons (Fsp3) is 0.421. The van der Waals surface area contributed by atoms with Crippen molar-refractivity contribution in [2.45, 2.75) is 32.7 Å². The van der Waals surface area contributed by atoms with Crippen LogP contribution in [0.15, 0.2) is 29.8 Å². The Hall–Kier alpha value is -2.81. The lowest BCUT2D eigenvalue weighted by atomic mass is 10.1. The minimum Gasteiger partial charge on any atom is -0.451 e. The van der Waals surface area contributed by atoms with E-state index < -0.39 is 12.6 Å². The molecule has 0 saturated carbocycles. The summed E-state index contributed by atoms with van der Waals surface area (Å²) in [6.45, 7) is 3.55. The number of ether oxygens (including phenoxy) is 1. The molecule has 1 amide bonds. The van der Waals surface area contributed by atoms with Gasteiger partial charge in [0.05, 0.1) is 0 Å². The summed E-state index contributed by atoms with van der Waals surface area (Å²) in [5.74, 6) is -1.17. The van der Waals surface area contributed by atoms with E-state index in [4.69, 9.17) is 10.00 Å². The number of amides is 1. The maximum absolute atomic E-state index is 12.0. The lowest BCUT2D eigenvalue weighted by Crippen LogP contribution is -2.36. The van der Waals surface area contributed by atoms with Gasteiger partial charge in [0.15, 0.2) is 6.61 Å². The molecule has 6 heteroatoms. The van der Waals surface area contributed by atoms with Crippen LogP contribution in [0.4, 0.5) is 5.69 Å². The van der Waals surface area contributed by atoms with Gasteiger partial charge in [-0.3, -0.25) is 4.79 Å². The maximum atomic E-state index is 12.0. The van der Waals surface area contributed by atoms with E-state index >= 15 is 0 Å². The van der Waals surface area contributed by atoms with Crippen LogP contribution in [0.5, 0.6) is 0 Å². The van der Waals surface area contributed by atoms with Gasteiger partial charge in [-0.2, -0.15) is 5.26 Å². The van der Waals surface area contributed by atoms with Crippen LogP contribution in [0.3, 0.4) is 0 Å². The minimum absolute atomic E-state index is 0.0624. The number of hydrogen-bond acceptors (Lipinski definition) is 5. The highest BCUT2D eigenvalue weighted by Gasteiger charge is 2.14. The lowest BCUT2D eigenvalue weighted by Gasteiger charge is -2.14. The standard InChI is InChI=1S/C19H25N3O3/c1-5-16(6-2)21-18(23)13-25-19(24)15(12-20)11-14-7-9-17(10-8-14)22(3)4/h7-11,16H,5-6,13H2,1-4H3,(H,21,23)/b15-11+. The van der Waals surface area contributed by atoms with Crippen LogP contribution in [0.2, 0.25) is 0 Å². The van der Waals surface area contributed by atoms with E-state index in [9.17, 15) is 9.59 Å². The number of nitrogens with zero attached hydrogens (tertiary/aromatic N) is 2. The van der Waals surface area contributed by atoms with Crippen LogP contribution >= 0.6 is 0 Å². The SMILES string of the molecule is CCC(CC)NC(=O)COC(=O)/C(C#N)=C/c1ccc(N(C)C)cc1. The van der Waals surface area contributed by atoms with Crippen molar-refractivity contribution >= 4 is 23.6 Å². The first kappa shape index (κ1) is 20.2. The molecule has 0 fully saturated rings. The van der Waals surface area contributed by atoms with Gasteiger partial charge in [-0.1, -0.05) is 26.0 Å². The molecular weight excluding hydrogens is 318 g/mol. The molecule has 1 N–H and O–H groups in total. The van der Waals surface area contributed by atoms with Gasteiger partial charge in [-0.05, 0) is 36.6 Å². The fourth-order valence-electron chi connectivity index (χ4n) is 2.14. The monoisotopic (exact) mass is 343 g/mol. The first-order valence-corrected chi connectivity index (χ1v) is 8.26. The molecule has 0 saturated heterocycles. The van der Waals surface area contributed by atoms with Crippen molar-refractivity contribution < 1.29 is 14.3 Å². The topological polar surface area (TPSA) is 82.4 Å². The Morgan fingerprint density at radius 3 is 2.32 bits per heavy atom. The highest BCUT2D eigenvalue weighted by molar-refractivity contribution is 5.98. The average molecular weight is 343 g/mol. The van der Waals surface area contributed by atoms with Crippen LogP contribution in [0.1, 0.15) is 32.3 Å². The summed E-state index contributed by atoms with van der Waals surface area (Å²) in [5.41, 5.74) is 1.57. The molecule has 0 bridgehead atoms. The third-order valence-electron chi connectivity index (χ3n) is 3.75. The van der Waals surface area contributed by atoms with E-state index in [-0.39, 0.29) is 17.5 Å². The molecule has 0 aromatic heterocycles. The normalized spacial score (nSPS) is 11.0. The van der Waals surface area contributed by atoms with Crippen molar-refractivity contribution in [1.29, 1.82) is 5.26 Å². The molecular formula is C19H25N3O3. The van der Waals surface area contributed by atoms with Gasteiger partial charge in [0.1, 0.15) is 11.6 Å². The number of anilines is 1. The number of carbonyl (C=O) groups excluding carboxylic acids is 2. The predicted molar refractivity (Wildman–Crippen MR) is 97.8 cm³/mol. The third kappa shape index (κ3) is 6.68. The van der Waals surface area contributed by atoms with Gasteiger partial charge in [0, 0.05) is 25.8 Å². The van der Waals surface area contributed by atoms with Crippen LogP contribution in [-0.2, 0) is 14.3 Å². The van der Waals surface area contributed by atoms with Crippen LogP contribution in [-0.4, -0.2) is 38.6 Å². The molecule has 1 aromatic carbocycles. The summed E-state index contributed by atoms with van der Waals surface area (Å²) in [6.07, 6.45) is 3.06. The lowest BCUT2D eigenvalue weighted by molar-refractivity contribution is -0.144. The number of nitriles is 1. The van der Waals surface area contributed by atoms with Gasteiger partial charge < -0.3 is 15.0 Å². The number of esters is 1. The molecule has 25 heavy (non-hydrogen) atoms. The zero-order chi connectivity index (χ0) is 18.8. The van der Waals surface area contributed by atoms with E-state index in [0.717, 1.165) is 18.5 Å². The molecule has 6 nitrogen and oxygen atoms in total. The van der Waals surface area contributed by atoms with Crippen molar-refractivity contribution in [1.82, 2.24) is 5.32 Å². The smallest absolute Gasteiger partial charge is 0.349 e. The zero-order valence-corrected chi connectivity index (χ0v) is 15.2. The first-order valence-electron chi connectivity index (χ1n) is 8.26. The highest BCUT2D eigenvalue weighted by Crippen LogP contribution is 2.15. The van der Waals surface area contributed by atoms with E-state index in [1.54, 1.807) is 12.1 Å². The number of hydrogen-bond donors (Lipinski definition) is 1. The summed E-state index contributed by atoms with van der Waals surface area (Å²) < 4.78 is 4.93. The molecule has 0 atom stereocenters. The second-order valence-electron chi connectivity index (χ2n) is 5.81. The molecule has 0 aliphatic carbocycles. The highest BCUT2D eigenvalue weighted by atomic mass is 16.5. The average Bonchev–Trinajstić information content (AvgIpc) is 2.62. The van der Waals surface area contributed by atoms with Crippen molar-refractivity contribution in [3.8, 4) is 6.07 Å². The maximum Gasteiger partial charge on any atom is 0.349 e. The zero-order valence-electron chi connectivity index (χ0n) is 15.2. The second kappa shape index (κ2) is 10.1. The summed E-state index contributed by atoms with van der Waals surface area (Å²) >= 11 is 0. The first-order chi connectivity index (χ1) is 11.9. The van der Waals surface area contributed by atoms with Crippen molar-refractivity contribution in [2.24, 2.45) is 0 Å². The Bertz CT molecular complexity index is 653. The molecule has 0 unspecified atom stereocenters. The fourth-order valence-corrected chi connectivity index (χ4v) is 2.14. The minimum atomic E-state index is -0.807. The van der Waals surface area contributed by atoms with E-state index in [1.165, 1.54) is 6.08 Å². The number of nitrogens with one attached hydrogen (secondary N) is 1. The van der Waals surface area contributed by atoms with E-state index in [1.807, 2.05) is 51.0 Å². The Morgan fingerprint density at radius 1 is 1.24 bits per heavy atom. The van der Waals surface area contributed by atoms with Gasteiger partial charge in [-0.25, -0.2) is 4.79 Å². The van der Waals surface area contributed by atoms with Crippen molar-refractivity contribution in [3.05, 3.63) is 35.4 Å². The molecule has 0 radical (unpaired) electrons. The van der Waals surface area contributed by atoms with Gasteiger partial charge in [-0.15, -0.1) is 0 Å². The molecule has 0 heterocycles. The molecule has 0 aliphatic heterocycles. The molecule has 134 valence electrons. The summed E-state index contributed by atoms with van der Waals surface area (Å²) in [6, 6.07) is 9.26. The van der Waals surface area contributed by atoms with Gasteiger partial charge in [0.25, 0.3) is 5.91 Å². The quantitative estimate of drug-likeness (QED) is 0.445. The number of rotatable bonds is 8. The summed E-state index contributed by atoms with van der Waals surface area (Å²) in [5, 5.41) is 11.9. The third-order valence-corrected chi connectivity index (χ3v) is 3.75. The summed E-state index contributed by atoms with van der Waals surface area (Å²) in [4.78, 5) is 25.7. The van der Waals surface area contributed by atoms with Gasteiger partial charge >= 0.3 is 5.97 Å². The molecule has 1 aromatic rings. The molecule has 0 aliphatic rings. The molecule has 0 spiro atoms. The van der Waals surface area contributed by atoms with Crippen LogP contribution < -0.4 is 10.2 Å². The van der Waals surface area contributed by atoms with Crippen LogP contribution in [0.25, 0.3) is 6.08 Å².